The summed E-state index contributed by atoms with van der Waals surface area (Å²) in [5.74, 6) is 0.494. The summed E-state index contributed by atoms with van der Waals surface area (Å²) in [5, 5.41) is 0. The molecule has 0 heterocycles. The monoisotopic (exact) mass is 184 g/mol. The van der Waals surface area contributed by atoms with Crippen LogP contribution in [0.15, 0.2) is 0 Å². The van der Waals surface area contributed by atoms with E-state index in [1.807, 2.05) is 6.92 Å². The molecule has 0 saturated heterocycles. The van der Waals surface area contributed by atoms with Crippen LogP contribution in [0.4, 0.5) is 0 Å². The van der Waals surface area contributed by atoms with Gasteiger partial charge in [-0.05, 0) is 25.7 Å². The standard InChI is InChI=1S/C11H20O2/c1-4-6-9(2)10(12)11(13-3)7-5-8-11/h9H,4-8H2,1-3H3. The molecule has 0 amide bonds. The smallest absolute Gasteiger partial charge is 0.167 e. The van der Waals surface area contributed by atoms with Crippen LogP contribution in [0.3, 0.4) is 0 Å². The van der Waals surface area contributed by atoms with Gasteiger partial charge in [-0.2, -0.15) is 0 Å². The van der Waals surface area contributed by atoms with Crippen LogP contribution >= 0.6 is 0 Å². The maximum absolute atomic E-state index is 11.9. The van der Waals surface area contributed by atoms with Crippen LogP contribution in [-0.4, -0.2) is 18.5 Å². The molecule has 0 spiro atoms. The number of ketones is 1. The van der Waals surface area contributed by atoms with Crippen LogP contribution < -0.4 is 0 Å². The minimum Gasteiger partial charge on any atom is -0.370 e. The second-order valence-electron chi connectivity index (χ2n) is 4.11. The van der Waals surface area contributed by atoms with Gasteiger partial charge >= 0.3 is 0 Å². The van der Waals surface area contributed by atoms with Crippen molar-refractivity contribution in [3.05, 3.63) is 0 Å². The zero-order chi connectivity index (χ0) is 9.90. The van der Waals surface area contributed by atoms with Gasteiger partial charge in [0.15, 0.2) is 5.78 Å². The fourth-order valence-corrected chi connectivity index (χ4v) is 2.06. The molecule has 1 unspecified atom stereocenters. The van der Waals surface area contributed by atoms with Gasteiger partial charge in [-0.1, -0.05) is 20.3 Å². The maximum atomic E-state index is 11.9. The normalized spacial score (nSPS) is 22.1. The molecular weight excluding hydrogens is 164 g/mol. The topological polar surface area (TPSA) is 26.3 Å². The molecule has 13 heavy (non-hydrogen) atoms. The molecule has 0 aromatic heterocycles. The van der Waals surface area contributed by atoms with Gasteiger partial charge in [-0.3, -0.25) is 4.79 Å². The van der Waals surface area contributed by atoms with Crippen LogP contribution in [0.1, 0.15) is 46.0 Å². The molecule has 2 heteroatoms. The van der Waals surface area contributed by atoms with E-state index in [-0.39, 0.29) is 5.92 Å². The molecule has 1 saturated carbocycles. The van der Waals surface area contributed by atoms with Gasteiger partial charge in [-0.15, -0.1) is 0 Å². The van der Waals surface area contributed by atoms with Crippen molar-refractivity contribution in [1.82, 2.24) is 0 Å². The highest BCUT2D eigenvalue weighted by atomic mass is 16.5. The Morgan fingerprint density at radius 3 is 2.46 bits per heavy atom. The van der Waals surface area contributed by atoms with Gasteiger partial charge in [0.2, 0.25) is 0 Å². The molecule has 0 aromatic rings. The highest BCUT2D eigenvalue weighted by Gasteiger charge is 2.45. The van der Waals surface area contributed by atoms with Crippen molar-refractivity contribution in [3.63, 3.8) is 0 Å². The molecule has 0 N–H and O–H groups in total. The molecule has 1 rings (SSSR count). The Balaban J connectivity index is 2.54. The van der Waals surface area contributed by atoms with Gasteiger partial charge < -0.3 is 4.74 Å². The summed E-state index contributed by atoms with van der Waals surface area (Å²) in [6.45, 7) is 4.13. The Morgan fingerprint density at radius 1 is 1.54 bits per heavy atom. The lowest BCUT2D eigenvalue weighted by Crippen LogP contribution is -2.49. The van der Waals surface area contributed by atoms with Crippen molar-refractivity contribution in [2.24, 2.45) is 5.92 Å². The SMILES string of the molecule is CCCC(C)C(=O)C1(OC)CCC1. The van der Waals surface area contributed by atoms with Crippen molar-refractivity contribution < 1.29 is 9.53 Å². The lowest BCUT2D eigenvalue weighted by molar-refractivity contribution is -0.155. The van der Waals surface area contributed by atoms with Crippen LogP contribution in [0.2, 0.25) is 0 Å². The molecule has 2 nitrogen and oxygen atoms in total. The van der Waals surface area contributed by atoms with E-state index >= 15 is 0 Å². The summed E-state index contributed by atoms with van der Waals surface area (Å²) in [6, 6.07) is 0. The van der Waals surface area contributed by atoms with E-state index in [2.05, 4.69) is 6.92 Å². The van der Waals surface area contributed by atoms with Crippen molar-refractivity contribution in [2.45, 2.75) is 51.6 Å². The molecule has 1 fully saturated rings. The largest absolute Gasteiger partial charge is 0.370 e. The van der Waals surface area contributed by atoms with Crippen molar-refractivity contribution in [3.8, 4) is 0 Å². The third kappa shape index (κ3) is 1.93. The second-order valence-corrected chi connectivity index (χ2v) is 4.11. The lowest BCUT2D eigenvalue weighted by atomic mass is 9.72. The number of rotatable bonds is 5. The van der Waals surface area contributed by atoms with Gasteiger partial charge in [0.05, 0.1) is 0 Å². The van der Waals surface area contributed by atoms with Gasteiger partial charge in [0.1, 0.15) is 5.60 Å². The third-order valence-corrected chi connectivity index (χ3v) is 3.17. The van der Waals surface area contributed by atoms with Crippen LogP contribution in [0, 0.1) is 5.92 Å². The number of Topliss-reactive ketones (excluding diaryl/α,β-unsaturated/α-hetero) is 1. The Kier molecular flexibility index (Phi) is 3.48. The fraction of sp³-hybridized carbons (Fsp3) is 0.909. The first kappa shape index (κ1) is 10.7. The summed E-state index contributed by atoms with van der Waals surface area (Å²) < 4.78 is 5.35. The van der Waals surface area contributed by atoms with Crippen molar-refractivity contribution in [1.29, 1.82) is 0 Å². The minimum absolute atomic E-state index is 0.172. The average molecular weight is 184 g/mol. The number of carbonyl (C=O) groups is 1. The predicted molar refractivity (Wildman–Crippen MR) is 52.7 cm³/mol. The van der Waals surface area contributed by atoms with Crippen LogP contribution in [0.25, 0.3) is 0 Å². The van der Waals surface area contributed by atoms with E-state index in [1.165, 1.54) is 0 Å². The lowest BCUT2D eigenvalue weighted by Gasteiger charge is -2.40. The molecule has 76 valence electrons. The van der Waals surface area contributed by atoms with Gasteiger partial charge in [0.25, 0.3) is 0 Å². The Hall–Kier alpha value is -0.370. The van der Waals surface area contributed by atoms with Crippen LogP contribution in [0.5, 0.6) is 0 Å². The average Bonchev–Trinajstić information content (AvgIpc) is 2.03. The summed E-state index contributed by atoms with van der Waals surface area (Å²) >= 11 is 0. The van der Waals surface area contributed by atoms with Crippen molar-refractivity contribution in [2.75, 3.05) is 7.11 Å². The summed E-state index contributed by atoms with van der Waals surface area (Å²) in [7, 11) is 1.66. The van der Waals surface area contributed by atoms with E-state index in [0.29, 0.717) is 5.78 Å². The number of methoxy groups -OCH3 is 1. The van der Waals surface area contributed by atoms with E-state index < -0.39 is 5.60 Å². The third-order valence-electron chi connectivity index (χ3n) is 3.17. The molecule has 0 aromatic carbocycles. The molecule has 0 aliphatic heterocycles. The Bertz CT molecular complexity index is 177. The number of hydrogen-bond donors (Lipinski definition) is 0. The van der Waals surface area contributed by atoms with E-state index in [4.69, 9.17) is 4.74 Å². The molecule has 0 bridgehead atoms. The van der Waals surface area contributed by atoms with Gasteiger partial charge in [0, 0.05) is 13.0 Å². The predicted octanol–water partition coefficient (Wildman–Crippen LogP) is 2.56. The second kappa shape index (κ2) is 4.23. The quantitative estimate of drug-likeness (QED) is 0.656. The Labute approximate surface area is 80.7 Å². The molecule has 1 atom stereocenters. The summed E-state index contributed by atoms with van der Waals surface area (Å²) in [6.07, 6.45) is 5.06. The molecule has 0 radical (unpaired) electrons. The molecule has 1 aliphatic carbocycles. The van der Waals surface area contributed by atoms with E-state index in [9.17, 15) is 4.79 Å². The zero-order valence-corrected chi connectivity index (χ0v) is 8.93. The van der Waals surface area contributed by atoms with Gasteiger partial charge in [-0.25, -0.2) is 0 Å². The number of ether oxygens (including phenoxy) is 1. The number of hydrogen-bond acceptors (Lipinski definition) is 2. The maximum Gasteiger partial charge on any atom is 0.167 e. The summed E-state index contributed by atoms with van der Waals surface area (Å²) in [4.78, 5) is 11.9. The zero-order valence-electron chi connectivity index (χ0n) is 8.93. The van der Waals surface area contributed by atoms with E-state index in [1.54, 1.807) is 7.11 Å². The highest BCUT2D eigenvalue weighted by Crippen LogP contribution is 2.38. The van der Waals surface area contributed by atoms with Crippen molar-refractivity contribution >= 4 is 5.78 Å². The molecule has 1 aliphatic rings. The Morgan fingerprint density at radius 2 is 2.15 bits per heavy atom. The number of carbonyl (C=O) groups excluding carboxylic acids is 1. The highest BCUT2D eigenvalue weighted by molar-refractivity contribution is 5.90. The van der Waals surface area contributed by atoms with Crippen LogP contribution in [-0.2, 0) is 9.53 Å². The first-order valence-electron chi connectivity index (χ1n) is 5.25. The first-order chi connectivity index (χ1) is 6.16. The minimum atomic E-state index is -0.394. The first-order valence-corrected chi connectivity index (χ1v) is 5.25. The molecular formula is C11H20O2. The summed E-state index contributed by atoms with van der Waals surface area (Å²) in [5.41, 5.74) is -0.394. The fourth-order valence-electron chi connectivity index (χ4n) is 2.06. The van der Waals surface area contributed by atoms with E-state index in [0.717, 1.165) is 32.1 Å².